The van der Waals surface area contributed by atoms with Gasteiger partial charge in [0.1, 0.15) is 0 Å². The van der Waals surface area contributed by atoms with Crippen LogP contribution in [0.2, 0.25) is 5.02 Å². The van der Waals surface area contributed by atoms with Crippen molar-refractivity contribution in [3.05, 3.63) is 26.8 Å². The van der Waals surface area contributed by atoms with Gasteiger partial charge in [0.2, 0.25) is 5.91 Å². The second kappa shape index (κ2) is 7.48. The van der Waals surface area contributed by atoms with E-state index in [0.717, 1.165) is 22.1 Å². The molecule has 1 aliphatic carbocycles. The van der Waals surface area contributed by atoms with Crippen LogP contribution in [0, 0.1) is 9.49 Å². The number of rotatable bonds is 2. The molecule has 0 aliphatic heterocycles. The SMILES string of the molecule is O=C(Nc1ccc(Cl)cc1I)C1CCCCCCC1. The largest absolute Gasteiger partial charge is 0.325 e. The van der Waals surface area contributed by atoms with Gasteiger partial charge in [0, 0.05) is 14.5 Å². The van der Waals surface area contributed by atoms with Crippen LogP contribution in [0.1, 0.15) is 44.9 Å². The first-order valence-corrected chi connectivity index (χ1v) is 8.38. The smallest absolute Gasteiger partial charge is 0.227 e. The van der Waals surface area contributed by atoms with Crippen molar-refractivity contribution < 1.29 is 4.79 Å². The van der Waals surface area contributed by atoms with Gasteiger partial charge in [-0.2, -0.15) is 0 Å². The van der Waals surface area contributed by atoms with Crippen molar-refractivity contribution in [2.45, 2.75) is 44.9 Å². The van der Waals surface area contributed by atoms with E-state index in [-0.39, 0.29) is 11.8 Å². The van der Waals surface area contributed by atoms with Gasteiger partial charge in [0.15, 0.2) is 0 Å². The third kappa shape index (κ3) is 4.63. The second-order valence-electron chi connectivity index (χ2n) is 5.16. The Labute approximate surface area is 133 Å². The second-order valence-corrected chi connectivity index (χ2v) is 6.75. The summed E-state index contributed by atoms with van der Waals surface area (Å²) < 4.78 is 0.990. The molecule has 104 valence electrons. The monoisotopic (exact) mass is 391 g/mol. The first-order chi connectivity index (χ1) is 9.16. The Morgan fingerprint density at radius 3 is 2.42 bits per heavy atom. The number of carbonyl (C=O) groups is 1. The lowest BCUT2D eigenvalue weighted by Crippen LogP contribution is -2.24. The zero-order chi connectivity index (χ0) is 13.7. The fourth-order valence-electron chi connectivity index (χ4n) is 2.54. The highest BCUT2D eigenvalue weighted by Crippen LogP contribution is 2.26. The van der Waals surface area contributed by atoms with Gasteiger partial charge in [0.05, 0.1) is 5.69 Å². The summed E-state index contributed by atoms with van der Waals surface area (Å²) >= 11 is 8.13. The fraction of sp³-hybridized carbons (Fsp3) is 0.533. The minimum absolute atomic E-state index is 0.169. The minimum Gasteiger partial charge on any atom is -0.325 e. The number of nitrogens with one attached hydrogen (secondary N) is 1. The molecule has 4 heteroatoms. The van der Waals surface area contributed by atoms with E-state index in [1.165, 1.54) is 32.1 Å². The number of carbonyl (C=O) groups excluding carboxylic acids is 1. The summed E-state index contributed by atoms with van der Waals surface area (Å²) in [7, 11) is 0. The van der Waals surface area contributed by atoms with Crippen LogP contribution in [0.5, 0.6) is 0 Å². The Morgan fingerprint density at radius 2 is 1.79 bits per heavy atom. The molecule has 0 heterocycles. The molecular weight excluding hydrogens is 373 g/mol. The Morgan fingerprint density at radius 1 is 1.16 bits per heavy atom. The molecule has 1 N–H and O–H groups in total. The maximum atomic E-state index is 12.3. The number of benzene rings is 1. The first-order valence-electron chi connectivity index (χ1n) is 6.93. The van der Waals surface area contributed by atoms with E-state index in [4.69, 9.17) is 11.6 Å². The van der Waals surface area contributed by atoms with Crippen LogP contribution in [-0.2, 0) is 4.79 Å². The molecule has 0 radical (unpaired) electrons. The molecule has 1 fully saturated rings. The highest BCUT2D eigenvalue weighted by Gasteiger charge is 2.19. The molecule has 0 bridgehead atoms. The lowest BCUT2D eigenvalue weighted by atomic mass is 9.90. The molecule has 0 unspecified atom stereocenters. The number of hydrogen-bond donors (Lipinski definition) is 1. The Kier molecular flexibility index (Phi) is 5.95. The molecule has 1 saturated carbocycles. The van der Waals surface area contributed by atoms with Crippen molar-refractivity contribution in [3.8, 4) is 0 Å². The van der Waals surface area contributed by atoms with E-state index in [1.54, 1.807) is 0 Å². The van der Waals surface area contributed by atoms with E-state index in [2.05, 4.69) is 27.9 Å². The summed E-state index contributed by atoms with van der Waals surface area (Å²) in [5.41, 5.74) is 0.872. The molecule has 1 aromatic rings. The zero-order valence-corrected chi connectivity index (χ0v) is 13.8. The van der Waals surface area contributed by atoms with Gasteiger partial charge in [-0.25, -0.2) is 0 Å². The van der Waals surface area contributed by atoms with Gasteiger partial charge in [-0.3, -0.25) is 4.79 Å². The Bertz CT molecular complexity index is 442. The normalized spacial score (nSPS) is 17.6. The topological polar surface area (TPSA) is 29.1 Å². The molecule has 0 saturated heterocycles. The van der Waals surface area contributed by atoms with E-state index in [0.29, 0.717) is 5.02 Å². The molecule has 1 aliphatic rings. The van der Waals surface area contributed by atoms with Gasteiger partial charge in [-0.15, -0.1) is 0 Å². The highest BCUT2D eigenvalue weighted by molar-refractivity contribution is 14.1. The predicted octanol–water partition coefficient (Wildman–Crippen LogP) is 5.24. The van der Waals surface area contributed by atoms with Gasteiger partial charge >= 0.3 is 0 Å². The van der Waals surface area contributed by atoms with E-state index < -0.39 is 0 Å². The van der Waals surface area contributed by atoms with Crippen LogP contribution >= 0.6 is 34.2 Å². The molecule has 0 atom stereocenters. The minimum atomic E-state index is 0.169. The van der Waals surface area contributed by atoms with Crippen molar-refractivity contribution >= 4 is 45.8 Å². The summed E-state index contributed by atoms with van der Waals surface area (Å²) in [6.07, 6.45) is 8.26. The average molecular weight is 392 g/mol. The third-order valence-corrected chi connectivity index (χ3v) is 4.79. The Hall–Kier alpha value is -0.290. The van der Waals surface area contributed by atoms with Crippen LogP contribution in [0.3, 0.4) is 0 Å². The number of halogens is 2. The van der Waals surface area contributed by atoms with E-state index in [9.17, 15) is 4.79 Å². The molecular formula is C15H19ClINO. The summed E-state index contributed by atoms with van der Waals surface area (Å²) in [5.74, 6) is 0.342. The highest BCUT2D eigenvalue weighted by atomic mass is 127. The van der Waals surface area contributed by atoms with Crippen molar-refractivity contribution in [3.63, 3.8) is 0 Å². The van der Waals surface area contributed by atoms with Gasteiger partial charge in [-0.1, -0.05) is 43.7 Å². The van der Waals surface area contributed by atoms with Crippen molar-refractivity contribution in [2.75, 3.05) is 5.32 Å². The fourth-order valence-corrected chi connectivity index (χ4v) is 3.55. The van der Waals surface area contributed by atoms with Crippen LogP contribution in [-0.4, -0.2) is 5.91 Å². The number of anilines is 1. The quantitative estimate of drug-likeness (QED) is 0.686. The summed E-state index contributed by atoms with van der Waals surface area (Å²) in [6, 6.07) is 5.57. The zero-order valence-electron chi connectivity index (χ0n) is 10.9. The van der Waals surface area contributed by atoms with E-state index in [1.807, 2.05) is 18.2 Å². The molecule has 2 nitrogen and oxygen atoms in total. The molecule has 2 rings (SSSR count). The van der Waals surface area contributed by atoms with Gasteiger partial charge in [-0.05, 0) is 53.6 Å². The maximum absolute atomic E-state index is 12.3. The predicted molar refractivity (Wildman–Crippen MR) is 88.6 cm³/mol. The van der Waals surface area contributed by atoms with Crippen LogP contribution < -0.4 is 5.32 Å². The van der Waals surface area contributed by atoms with Crippen LogP contribution in [0.25, 0.3) is 0 Å². The molecule has 1 amide bonds. The van der Waals surface area contributed by atoms with E-state index >= 15 is 0 Å². The lowest BCUT2D eigenvalue weighted by molar-refractivity contribution is -0.120. The van der Waals surface area contributed by atoms with Crippen LogP contribution in [0.15, 0.2) is 18.2 Å². The van der Waals surface area contributed by atoms with Crippen LogP contribution in [0.4, 0.5) is 5.69 Å². The summed E-state index contributed by atoms with van der Waals surface area (Å²) in [4.78, 5) is 12.3. The Balaban J connectivity index is 1.98. The van der Waals surface area contributed by atoms with Crippen molar-refractivity contribution in [1.29, 1.82) is 0 Å². The maximum Gasteiger partial charge on any atom is 0.227 e. The molecule has 1 aromatic carbocycles. The van der Waals surface area contributed by atoms with Crippen molar-refractivity contribution in [2.24, 2.45) is 5.92 Å². The van der Waals surface area contributed by atoms with Gasteiger partial charge < -0.3 is 5.32 Å². The molecule has 0 spiro atoms. The molecule has 19 heavy (non-hydrogen) atoms. The third-order valence-electron chi connectivity index (χ3n) is 3.66. The van der Waals surface area contributed by atoms with Crippen molar-refractivity contribution in [1.82, 2.24) is 0 Å². The number of amides is 1. The first kappa shape index (κ1) is 15.1. The van der Waals surface area contributed by atoms with Gasteiger partial charge in [0.25, 0.3) is 0 Å². The average Bonchev–Trinajstić information content (AvgIpc) is 2.32. The summed E-state index contributed by atoms with van der Waals surface area (Å²) in [5, 5.41) is 3.75. The summed E-state index contributed by atoms with van der Waals surface area (Å²) in [6.45, 7) is 0. The molecule has 0 aromatic heterocycles. The lowest BCUT2D eigenvalue weighted by Gasteiger charge is -2.19. The number of hydrogen-bond acceptors (Lipinski definition) is 1. The standard InChI is InChI=1S/C15H19ClINO/c16-12-8-9-14(13(17)10-12)18-15(19)11-6-4-2-1-3-5-7-11/h8-11H,1-7H2,(H,18,19).